The molecule has 6 nitrogen and oxygen atoms in total. The van der Waals surface area contributed by atoms with Gasteiger partial charge in [-0.1, -0.05) is 23.5 Å². The third kappa shape index (κ3) is 2.84. The van der Waals surface area contributed by atoms with Crippen molar-refractivity contribution in [1.29, 1.82) is 0 Å². The summed E-state index contributed by atoms with van der Waals surface area (Å²) in [6.45, 7) is 0. The Hall–Kier alpha value is -2.84. The fourth-order valence-electron chi connectivity index (χ4n) is 2.22. The molecule has 0 aliphatic carbocycles. The molecular formula is C16H11N5OS2. The number of carbonyl (C=O) groups is 1. The molecular weight excluding hydrogens is 342 g/mol. The highest BCUT2D eigenvalue weighted by Crippen LogP contribution is 2.28. The molecule has 3 heterocycles. The van der Waals surface area contributed by atoms with Gasteiger partial charge in [-0.3, -0.25) is 10.1 Å². The standard InChI is InChI=1S/C16H11N5OS2/c22-14(12-4-1-2-5-13(12)21-8-3-7-17-21)18-16-20-19-15(24-16)11-6-9-23-10-11/h1-10H,(H,18,20,22). The van der Waals surface area contributed by atoms with Crippen molar-refractivity contribution < 1.29 is 4.79 Å². The van der Waals surface area contributed by atoms with E-state index in [1.54, 1.807) is 34.5 Å². The maximum atomic E-state index is 12.6. The third-order valence-corrected chi connectivity index (χ3v) is 4.88. The van der Waals surface area contributed by atoms with Crippen LogP contribution in [0.3, 0.4) is 0 Å². The van der Waals surface area contributed by atoms with Crippen molar-refractivity contribution in [2.45, 2.75) is 0 Å². The number of amides is 1. The van der Waals surface area contributed by atoms with Crippen molar-refractivity contribution in [1.82, 2.24) is 20.0 Å². The lowest BCUT2D eigenvalue weighted by Gasteiger charge is -2.08. The van der Waals surface area contributed by atoms with E-state index in [-0.39, 0.29) is 5.91 Å². The predicted octanol–water partition coefficient (Wildman–Crippen LogP) is 3.70. The first kappa shape index (κ1) is 14.7. The molecule has 0 spiro atoms. The number of aromatic nitrogens is 4. The van der Waals surface area contributed by atoms with Crippen LogP contribution in [0.4, 0.5) is 5.13 Å². The van der Waals surface area contributed by atoms with Crippen LogP contribution in [0.25, 0.3) is 16.3 Å². The summed E-state index contributed by atoms with van der Waals surface area (Å²) in [6, 6.07) is 11.1. The van der Waals surface area contributed by atoms with Crippen LogP contribution in [0.2, 0.25) is 0 Å². The lowest BCUT2D eigenvalue weighted by atomic mass is 10.1. The Balaban J connectivity index is 1.59. The van der Waals surface area contributed by atoms with Gasteiger partial charge in [0.15, 0.2) is 0 Å². The fourth-order valence-corrected chi connectivity index (χ4v) is 3.67. The number of rotatable bonds is 4. The topological polar surface area (TPSA) is 72.7 Å². The third-order valence-electron chi connectivity index (χ3n) is 3.31. The zero-order valence-electron chi connectivity index (χ0n) is 12.3. The minimum atomic E-state index is -0.242. The molecule has 3 aromatic heterocycles. The Morgan fingerprint density at radius 2 is 2.04 bits per heavy atom. The van der Waals surface area contributed by atoms with Gasteiger partial charge in [0.25, 0.3) is 5.91 Å². The van der Waals surface area contributed by atoms with Crippen LogP contribution in [-0.2, 0) is 0 Å². The zero-order chi connectivity index (χ0) is 16.4. The monoisotopic (exact) mass is 353 g/mol. The van der Waals surface area contributed by atoms with E-state index >= 15 is 0 Å². The van der Waals surface area contributed by atoms with E-state index in [9.17, 15) is 4.79 Å². The number of hydrogen-bond acceptors (Lipinski definition) is 6. The SMILES string of the molecule is O=C(Nc1nnc(-c2ccsc2)s1)c1ccccc1-n1cccn1. The van der Waals surface area contributed by atoms with Crippen LogP contribution in [0.5, 0.6) is 0 Å². The van der Waals surface area contributed by atoms with Gasteiger partial charge in [-0.2, -0.15) is 16.4 Å². The summed E-state index contributed by atoms with van der Waals surface area (Å²) >= 11 is 2.94. The minimum absolute atomic E-state index is 0.242. The Morgan fingerprint density at radius 1 is 1.12 bits per heavy atom. The van der Waals surface area contributed by atoms with Crippen molar-refractivity contribution >= 4 is 33.7 Å². The summed E-state index contributed by atoms with van der Waals surface area (Å²) in [6.07, 6.45) is 3.47. The summed E-state index contributed by atoms with van der Waals surface area (Å²) in [5.74, 6) is -0.242. The molecule has 0 atom stereocenters. The van der Waals surface area contributed by atoms with E-state index in [2.05, 4.69) is 20.6 Å². The molecule has 0 bridgehead atoms. The van der Waals surface area contributed by atoms with Gasteiger partial charge in [0.2, 0.25) is 5.13 Å². The van der Waals surface area contributed by atoms with Gasteiger partial charge < -0.3 is 0 Å². The molecule has 0 saturated carbocycles. The highest BCUT2D eigenvalue weighted by molar-refractivity contribution is 7.19. The molecule has 118 valence electrons. The molecule has 4 rings (SSSR count). The number of nitrogens with zero attached hydrogens (tertiary/aromatic N) is 4. The quantitative estimate of drug-likeness (QED) is 0.607. The van der Waals surface area contributed by atoms with E-state index in [4.69, 9.17) is 0 Å². The summed E-state index contributed by atoms with van der Waals surface area (Å²) < 4.78 is 1.66. The van der Waals surface area contributed by atoms with Gasteiger partial charge in [-0.25, -0.2) is 4.68 Å². The maximum Gasteiger partial charge on any atom is 0.259 e. The normalized spacial score (nSPS) is 10.7. The summed E-state index contributed by atoms with van der Waals surface area (Å²) in [4.78, 5) is 12.6. The van der Waals surface area contributed by atoms with E-state index in [1.165, 1.54) is 11.3 Å². The summed E-state index contributed by atoms with van der Waals surface area (Å²) in [7, 11) is 0. The Kier molecular flexibility index (Phi) is 3.89. The lowest BCUT2D eigenvalue weighted by Crippen LogP contribution is -2.15. The van der Waals surface area contributed by atoms with Gasteiger partial charge in [0.05, 0.1) is 11.3 Å². The number of benzene rings is 1. The summed E-state index contributed by atoms with van der Waals surface area (Å²) in [5.41, 5.74) is 2.24. The van der Waals surface area contributed by atoms with Gasteiger partial charge in [-0.05, 0) is 29.6 Å². The maximum absolute atomic E-state index is 12.6. The molecule has 24 heavy (non-hydrogen) atoms. The van der Waals surface area contributed by atoms with Gasteiger partial charge in [-0.15, -0.1) is 10.2 Å². The second-order valence-electron chi connectivity index (χ2n) is 4.85. The molecule has 0 radical (unpaired) electrons. The first-order chi connectivity index (χ1) is 11.8. The van der Waals surface area contributed by atoms with Crippen LogP contribution in [0, 0.1) is 0 Å². The van der Waals surface area contributed by atoms with Crippen molar-refractivity contribution in [3.05, 3.63) is 65.1 Å². The van der Waals surface area contributed by atoms with Crippen LogP contribution >= 0.6 is 22.7 Å². The number of para-hydroxylation sites is 1. The molecule has 0 unspecified atom stereocenters. The molecule has 0 aliphatic heterocycles. The molecule has 1 amide bonds. The largest absolute Gasteiger partial charge is 0.296 e. The number of nitrogens with one attached hydrogen (secondary N) is 1. The first-order valence-electron chi connectivity index (χ1n) is 7.08. The molecule has 1 aromatic carbocycles. The van der Waals surface area contributed by atoms with Crippen molar-refractivity contribution in [3.8, 4) is 16.3 Å². The van der Waals surface area contributed by atoms with Crippen molar-refractivity contribution in [2.24, 2.45) is 0 Å². The molecule has 1 N–H and O–H groups in total. The average Bonchev–Trinajstić information content (AvgIpc) is 3.36. The molecule has 8 heteroatoms. The summed E-state index contributed by atoms with van der Waals surface area (Å²) in [5, 5.41) is 20.4. The number of hydrogen-bond donors (Lipinski definition) is 1. The number of thiophene rings is 1. The molecule has 0 saturated heterocycles. The highest BCUT2D eigenvalue weighted by Gasteiger charge is 2.15. The van der Waals surface area contributed by atoms with Crippen LogP contribution in [0.15, 0.2) is 59.6 Å². The molecule has 0 aliphatic rings. The van der Waals surface area contributed by atoms with Crippen LogP contribution in [0.1, 0.15) is 10.4 Å². The van der Waals surface area contributed by atoms with E-state index in [0.717, 1.165) is 10.6 Å². The van der Waals surface area contributed by atoms with E-state index in [1.807, 2.05) is 41.1 Å². The van der Waals surface area contributed by atoms with Crippen LogP contribution < -0.4 is 5.32 Å². The predicted molar refractivity (Wildman–Crippen MR) is 94.7 cm³/mol. The smallest absolute Gasteiger partial charge is 0.259 e. The second kappa shape index (κ2) is 6.34. The van der Waals surface area contributed by atoms with Crippen molar-refractivity contribution in [2.75, 3.05) is 5.32 Å². The lowest BCUT2D eigenvalue weighted by molar-refractivity contribution is 0.102. The van der Waals surface area contributed by atoms with Gasteiger partial charge in [0.1, 0.15) is 5.01 Å². The average molecular weight is 353 g/mol. The first-order valence-corrected chi connectivity index (χ1v) is 8.84. The second-order valence-corrected chi connectivity index (χ2v) is 6.60. The Bertz CT molecular complexity index is 960. The van der Waals surface area contributed by atoms with E-state index in [0.29, 0.717) is 16.4 Å². The highest BCUT2D eigenvalue weighted by atomic mass is 32.1. The van der Waals surface area contributed by atoms with Gasteiger partial charge in [0, 0.05) is 23.3 Å². The zero-order valence-corrected chi connectivity index (χ0v) is 13.9. The number of carbonyl (C=O) groups excluding carboxylic acids is 1. The minimum Gasteiger partial charge on any atom is -0.296 e. The molecule has 4 aromatic rings. The van der Waals surface area contributed by atoms with Gasteiger partial charge >= 0.3 is 0 Å². The number of anilines is 1. The van der Waals surface area contributed by atoms with Crippen LogP contribution in [-0.4, -0.2) is 25.9 Å². The Morgan fingerprint density at radius 3 is 2.83 bits per heavy atom. The Labute approximate surface area is 145 Å². The van der Waals surface area contributed by atoms with E-state index < -0.39 is 0 Å². The molecule has 0 fully saturated rings. The van der Waals surface area contributed by atoms with Crippen molar-refractivity contribution in [3.63, 3.8) is 0 Å². The fraction of sp³-hybridized carbons (Fsp3) is 0.